The maximum atomic E-state index is 12.0. The molecule has 3 rings (SSSR count). The molecule has 1 saturated heterocycles. The van der Waals surface area contributed by atoms with E-state index >= 15 is 0 Å². The first-order chi connectivity index (χ1) is 10.6. The van der Waals surface area contributed by atoms with E-state index < -0.39 is 0 Å². The van der Waals surface area contributed by atoms with Gasteiger partial charge >= 0.3 is 0 Å². The number of hydrogen-bond donors (Lipinski definition) is 2. The third-order valence-corrected chi connectivity index (χ3v) is 4.34. The summed E-state index contributed by atoms with van der Waals surface area (Å²) < 4.78 is 0.979. The highest BCUT2D eigenvalue weighted by Crippen LogP contribution is 2.28. The maximum absolute atomic E-state index is 12.0. The molecule has 0 aromatic heterocycles. The van der Waals surface area contributed by atoms with Crippen LogP contribution in [0.15, 0.2) is 62.9 Å². The molecule has 0 spiro atoms. The number of carbonyl (C=O) groups excluding carboxylic acids is 1. The zero-order valence-electron chi connectivity index (χ0n) is 11.3. The molecule has 0 atom stereocenters. The van der Waals surface area contributed by atoms with E-state index in [1.807, 2.05) is 24.3 Å². The Kier molecular flexibility index (Phi) is 4.31. The minimum absolute atomic E-state index is 0.172. The smallest absolute Gasteiger partial charge is 0.264 e. The lowest BCUT2D eigenvalue weighted by atomic mass is 10.2. The number of phenolic OH excluding ortho intramolecular Hbond substituents is 1. The van der Waals surface area contributed by atoms with Crippen molar-refractivity contribution in [2.75, 3.05) is 0 Å². The number of thioether (sulfide) groups is 1. The molecule has 2 N–H and O–H groups in total. The summed E-state index contributed by atoms with van der Waals surface area (Å²) in [6.07, 6.45) is 1.77. The molecule has 1 aliphatic rings. The number of rotatable bonds is 2. The Bertz CT molecular complexity index is 768. The van der Waals surface area contributed by atoms with E-state index in [2.05, 4.69) is 26.2 Å². The highest BCUT2D eigenvalue weighted by atomic mass is 79.9. The Hall–Kier alpha value is -2.05. The number of benzene rings is 2. The van der Waals surface area contributed by atoms with Crippen LogP contribution in [0.2, 0.25) is 0 Å². The molecular weight excluding hydrogens is 364 g/mol. The van der Waals surface area contributed by atoms with Gasteiger partial charge in [-0.15, -0.1) is 0 Å². The summed E-state index contributed by atoms with van der Waals surface area (Å²) in [5, 5.41) is 12.6. The van der Waals surface area contributed by atoms with Crippen LogP contribution in [0.25, 0.3) is 6.08 Å². The van der Waals surface area contributed by atoms with Crippen LogP contribution in [0.3, 0.4) is 0 Å². The Morgan fingerprint density at radius 2 is 1.77 bits per heavy atom. The topological polar surface area (TPSA) is 61.7 Å². The molecule has 0 radical (unpaired) electrons. The third kappa shape index (κ3) is 3.58. The lowest BCUT2D eigenvalue weighted by molar-refractivity contribution is -0.115. The molecule has 0 bridgehead atoms. The number of nitrogens with zero attached hydrogens (tertiary/aromatic N) is 1. The minimum Gasteiger partial charge on any atom is -0.508 e. The predicted octanol–water partition coefficient (Wildman–Crippen LogP) is 4.05. The lowest BCUT2D eigenvalue weighted by Crippen LogP contribution is -2.19. The van der Waals surface area contributed by atoms with Crippen LogP contribution in [0, 0.1) is 0 Å². The van der Waals surface area contributed by atoms with Crippen molar-refractivity contribution in [1.29, 1.82) is 0 Å². The van der Waals surface area contributed by atoms with E-state index in [4.69, 9.17) is 0 Å². The molecule has 22 heavy (non-hydrogen) atoms. The first kappa shape index (κ1) is 14.9. The SMILES string of the molecule is O=C1NC(=Nc2ccc(Br)cc2)SC1=Cc1ccc(O)cc1. The second-order valence-corrected chi connectivity index (χ2v) is 6.50. The number of aromatic hydroxyl groups is 1. The van der Waals surface area contributed by atoms with Gasteiger partial charge in [0.2, 0.25) is 0 Å². The van der Waals surface area contributed by atoms with E-state index in [0.717, 1.165) is 15.7 Å². The second kappa shape index (κ2) is 6.37. The third-order valence-electron chi connectivity index (χ3n) is 2.90. The van der Waals surface area contributed by atoms with E-state index in [0.29, 0.717) is 10.1 Å². The number of phenols is 1. The number of amides is 1. The van der Waals surface area contributed by atoms with Crippen molar-refractivity contribution < 1.29 is 9.90 Å². The Morgan fingerprint density at radius 3 is 2.45 bits per heavy atom. The molecule has 2 aromatic rings. The van der Waals surface area contributed by atoms with Gasteiger partial charge < -0.3 is 10.4 Å². The van der Waals surface area contributed by atoms with Gasteiger partial charge in [0, 0.05) is 4.47 Å². The Labute approximate surface area is 140 Å². The van der Waals surface area contributed by atoms with Crippen LogP contribution in [-0.2, 0) is 4.79 Å². The van der Waals surface area contributed by atoms with Gasteiger partial charge in [0.15, 0.2) is 5.17 Å². The van der Waals surface area contributed by atoms with Crippen LogP contribution in [0.4, 0.5) is 5.69 Å². The van der Waals surface area contributed by atoms with Gasteiger partial charge in [-0.25, -0.2) is 4.99 Å². The van der Waals surface area contributed by atoms with Crippen molar-refractivity contribution in [3.8, 4) is 5.75 Å². The number of hydrogen-bond acceptors (Lipinski definition) is 4. The van der Waals surface area contributed by atoms with E-state index in [9.17, 15) is 9.90 Å². The molecule has 0 unspecified atom stereocenters. The normalized spacial score (nSPS) is 18.0. The highest BCUT2D eigenvalue weighted by Gasteiger charge is 2.23. The number of aliphatic imine (C=N–C) groups is 1. The van der Waals surface area contributed by atoms with E-state index in [1.165, 1.54) is 11.8 Å². The summed E-state index contributed by atoms with van der Waals surface area (Å²) in [7, 11) is 0. The fraction of sp³-hybridized carbons (Fsp3) is 0. The Balaban J connectivity index is 1.80. The van der Waals surface area contributed by atoms with Crippen LogP contribution in [0.1, 0.15) is 5.56 Å². The summed E-state index contributed by atoms with van der Waals surface area (Å²) in [5.41, 5.74) is 1.62. The number of amidine groups is 1. The van der Waals surface area contributed by atoms with Gasteiger partial charge in [0.25, 0.3) is 5.91 Å². The summed E-state index contributed by atoms with van der Waals surface area (Å²) in [4.78, 5) is 16.9. The van der Waals surface area contributed by atoms with Crippen LogP contribution in [-0.4, -0.2) is 16.2 Å². The molecule has 1 heterocycles. The lowest BCUT2D eigenvalue weighted by Gasteiger charge is -1.96. The van der Waals surface area contributed by atoms with Gasteiger partial charge in [-0.3, -0.25) is 4.79 Å². The molecule has 1 fully saturated rings. The first-order valence-electron chi connectivity index (χ1n) is 6.44. The molecule has 0 aliphatic carbocycles. The summed E-state index contributed by atoms with van der Waals surface area (Å²) in [6, 6.07) is 14.2. The minimum atomic E-state index is -0.172. The fourth-order valence-corrected chi connectivity index (χ4v) is 2.94. The average molecular weight is 375 g/mol. The van der Waals surface area contributed by atoms with Gasteiger partial charge in [-0.1, -0.05) is 28.1 Å². The standard InChI is InChI=1S/C16H11BrN2O2S/c17-11-3-5-12(6-4-11)18-16-19-15(21)14(22-16)9-10-1-7-13(20)8-2-10/h1-9,20H,(H,18,19,21). The molecule has 2 aromatic carbocycles. The van der Waals surface area contributed by atoms with E-state index in [1.54, 1.807) is 30.3 Å². The van der Waals surface area contributed by atoms with Gasteiger partial charge in [-0.05, 0) is 59.8 Å². The molecule has 1 aliphatic heterocycles. The van der Waals surface area contributed by atoms with Crippen LogP contribution < -0.4 is 5.32 Å². The van der Waals surface area contributed by atoms with Gasteiger partial charge in [-0.2, -0.15) is 0 Å². The second-order valence-electron chi connectivity index (χ2n) is 4.55. The molecular formula is C16H11BrN2O2S. The van der Waals surface area contributed by atoms with Crippen LogP contribution >= 0.6 is 27.7 Å². The maximum Gasteiger partial charge on any atom is 0.264 e. The summed E-state index contributed by atoms with van der Waals surface area (Å²) >= 11 is 4.66. The average Bonchev–Trinajstić information content (AvgIpc) is 2.84. The van der Waals surface area contributed by atoms with E-state index in [-0.39, 0.29) is 11.7 Å². The zero-order valence-corrected chi connectivity index (χ0v) is 13.7. The van der Waals surface area contributed by atoms with Gasteiger partial charge in [0.1, 0.15) is 5.75 Å². The van der Waals surface area contributed by atoms with Crippen molar-refractivity contribution in [3.05, 3.63) is 63.5 Å². The van der Waals surface area contributed by atoms with Crippen LogP contribution in [0.5, 0.6) is 5.75 Å². The van der Waals surface area contributed by atoms with Crippen molar-refractivity contribution in [2.45, 2.75) is 0 Å². The van der Waals surface area contributed by atoms with Crippen molar-refractivity contribution in [2.24, 2.45) is 4.99 Å². The number of carbonyl (C=O) groups is 1. The molecule has 4 nitrogen and oxygen atoms in total. The molecule has 0 saturated carbocycles. The zero-order chi connectivity index (χ0) is 15.5. The monoisotopic (exact) mass is 374 g/mol. The predicted molar refractivity (Wildman–Crippen MR) is 93.1 cm³/mol. The molecule has 110 valence electrons. The molecule has 1 amide bonds. The number of halogens is 1. The van der Waals surface area contributed by atoms with Crippen molar-refractivity contribution >= 4 is 50.5 Å². The first-order valence-corrected chi connectivity index (χ1v) is 8.05. The Morgan fingerprint density at radius 1 is 1.09 bits per heavy atom. The summed E-state index contributed by atoms with van der Waals surface area (Å²) in [5.74, 6) is 0.0251. The number of nitrogens with one attached hydrogen (secondary N) is 1. The summed E-state index contributed by atoms with van der Waals surface area (Å²) in [6.45, 7) is 0. The fourth-order valence-electron chi connectivity index (χ4n) is 1.84. The highest BCUT2D eigenvalue weighted by molar-refractivity contribution is 9.10. The van der Waals surface area contributed by atoms with Crippen molar-refractivity contribution in [3.63, 3.8) is 0 Å². The van der Waals surface area contributed by atoms with Gasteiger partial charge in [0.05, 0.1) is 10.6 Å². The van der Waals surface area contributed by atoms with Crippen molar-refractivity contribution in [1.82, 2.24) is 5.32 Å². The quantitative estimate of drug-likeness (QED) is 0.779. The largest absolute Gasteiger partial charge is 0.508 e. The molecule has 6 heteroatoms.